The van der Waals surface area contributed by atoms with Gasteiger partial charge in [0.2, 0.25) is 0 Å². The molecule has 0 N–H and O–H groups in total. The van der Waals surface area contributed by atoms with E-state index in [0.717, 1.165) is 32.1 Å². The van der Waals surface area contributed by atoms with Crippen molar-refractivity contribution < 1.29 is 9.47 Å². The van der Waals surface area contributed by atoms with E-state index < -0.39 is 0 Å². The molecule has 0 aromatic carbocycles. The van der Waals surface area contributed by atoms with Crippen LogP contribution in [0, 0.1) is 17.8 Å². The Morgan fingerprint density at radius 1 is 0.844 bits per heavy atom. The molecular formula is C29H51NO2. The number of hydrogen-bond donors (Lipinski definition) is 0. The van der Waals surface area contributed by atoms with Gasteiger partial charge in [-0.25, -0.2) is 0 Å². The molecule has 0 saturated carbocycles. The van der Waals surface area contributed by atoms with Crippen LogP contribution in [-0.2, 0) is 9.47 Å². The van der Waals surface area contributed by atoms with Gasteiger partial charge in [-0.15, -0.1) is 0 Å². The van der Waals surface area contributed by atoms with Gasteiger partial charge in [0.15, 0.2) is 0 Å². The predicted molar refractivity (Wildman–Crippen MR) is 136 cm³/mol. The zero-order chi connectivity index (χ0) is 22.8. The molecule has 0 amide bonds. The van der Waals surface area contributed by atoms with Gasteiger partial charge < -0.3 is 14.4 Å². The average molecular weight is 446 g/mol. The minimum absolute atomic E-state index is 0.414. The van der Waals surface area contributed by atoms with Crippen LogP contribution >= 0.6 is 0 Å². The maximum Gasteiger partial charge on any atom is 0.0670 e. The van der Waals surface area contributed by atoms with E-state index in [1.165, 1.54) is 70.6 Å². The van der Waals surface area contributed by atoms with Crippen LogP contribution in [0.2, 0.25) is 0 Å². The number of fused-ring (bicyclic) bond motifs is 3. The summed E-state index contributed by atoms with van der Waals surface area (Å²) in [7, 11) is 0. The maximum atomic E-state index is 6.67. The normalized spacial score (nSPS) is 37.1. The van der Waals surface area contributed by atoms with Gasteiger partial charge in [-0.2, -0.15) is 0 Å². The van der Waals surface area contributed by atoms with Gasteiger partial charge in [0.1, 0.15) is 0 Å². The zero-order valence-electron chi connectivity index (χ0n) is 21.6. The van der Waals surface area contributed by atoms with Gasteiger partial charge in [-0.1, -0.05) is 44.9 Å². The van der Waals surface area contributed by atoms with E-state index in [4.69, 9.17) is 9.47 Å². The van der Waals surface area contributed by atoms with Gasteiger partial charge in [-0.3, -0.25) is 0 Å². The molecule has 0 spiro atoms. The Labute approximate surface area is 199 Å². The summed E-state index contributed by atoms with van der Waals surface area (Å²) in [5.41, 5.74) is 1.58. The molecule has 3 heteroatoms. The second-order valence-electron chi connectivity index (χ2n) is 11.4. The van der Waals surface area contributed by atoms with Gasteiger partial charge in [0.05, 0.1) is 24.9 Å². The number of allylic oxidation sites excluding steroid dienone is 3. The third-order valence-electron chi connectivity index (χ3n) is 8.06. The topological polar surface area (TPSA) is 21.7 Å². The largest absolute Gasteiger partial charge is 0.379 e. The fraction of sp³-hybridized carbons (Fsp3) is 0.862. The van der Waals surface area contributed by atoms with E-state index in [2.05, 4.69) is 50.9 Å². The van der Waals surface area contributed by atoms with Crippen LogP contribution in [0.5, 0.6) is 0 Å². The lowest BCUT2D eigenvalue weighted by atomic mass is 9.88. The number of rotatable bonds is 0. The fourth-order valence-electron chi connectivity index (χ4n) is 5.83. The Morgan fingerprint density at radius 2 is 1.69 bits per heavy atom. The molecule has 3 nitrogen and oxygen atoms in total. The maximum absolute atomic E-state index is 6.67. The summed E-state index contributed by atoms with van der Waals surface area (Å²) >= 11 is 0. The molecule has 0 aliphatic carbocycles. The van der Waals surface area contributed by atoms with Crippen LogP contribution in [0.3, 0.4) is 0 Å². The van der Waals surface area contributed by atoms with E-state index in [-0.39, 0.29) is 0 Å². The van der Waals surface area contributed by atoms with E-state index in [0.29, 0.717) is 30.1 Å². The first kappa shape index (κ1) is 25.8. The van der Waals surface area contributed by atoms with Crippen molar-refractivity contribution in [3.63, 3.8) is 0 Å². The molecule has 3 heterocycles. The highest BCUT2D eigenvalue weighted by molar-refractivity contribution is 4.99. The van der Waals surface area contributed by atoms with E-state index in [9.17, 15) is 0 Å². The molecular weight excluding hydrogens is 394 g/mol. The van der Waals surface area contributed by atoms with Crippen LogP contribution in [-0.4, -0.2) is 42.9 Å². The molecule has 0 aromatic rings. The fourth-order valence-corrected chi connectivity index (χ4v) is 5.83. The number of ether oxygens (including phenoxy) is 2. The van der Waals surface area contributed by atoms with Crippen molar-refractivity contribution in [3.8, 4) is 0 Å². The van der Waals surface area contributed by atoms with Crippen LogP contribution in [0.25, 0.3) is 0 Å². The van der Waals surface area contributed by atoms with Crippen molar-refractivity contribution in [2.45, 2.75) is 123 Å². The summed E-state index contributed by atoms with van der Waals surface area (Å²) in [5, 5.41) is 0. The Morgan fingerprint density at radius 3 is 2.56 bits per heavy atom. The summed E-state index contributed by atoms with van der Waals surface area (Å²) in [5.74, 6) is 2.10. The van der Waals surface area contributed by atoms with E-state index >= 15 is 0 Å². The molecule has 2 bridgehead atoms. The quantitative estimate of drug-likeness (QED) is 0.360. The molecule has 32 heavy (non-hydrogen) atoms. The second kappa shape index (κ2) is 13.8. The van der Waals surface area contributed by atoms with E-state index in [1.807, 2.05) is 0 Å². The predicted octanol–water partition coefficient (Wildman–Crippen LogP) is 7.52. The van der Waals surface area contributed by atoms with Crippen molar-refractivity contribution in [3.05, 3.63) is 23.9 Å². The Kier molecular flexibility index (Phi) is 11.1. The van der Waals surface area contributed by atoms with Crippen molar-refractivity contribution in [1.82, 2.24) is 4.90 Å². The Balaban J connectivity index is 1.59. The summed E-state index contributed by atoms with van der Waals surface area (Å²) < 4.78 is 12.9. The third kappa shape index (κ3) is 8.86. The summed E-state index contributed by atoms with van der Waals surface area (Å²) in [6.45, 7) is 12.4. The summed E-state index contributed by atoms with van der Waals surface area (Å²) in [4.78, 5) is 2.55. The standard InChI is InChI=1S/C29H51NO2/c1-23-10-6-5-7-11-25(3)21-31-22-27-12-8-9-18-30(27)19-17-29-26(4)14-16-28(32-29)15-13-24(2)20-23/h9-10,18,24-29H,5-8,11-17,19-22H2,1-4H3. The van der Waals surface area contributed by atoms with Gasteiger partial charge in [0, 0.05) is 13.2 Å². The van der Waals surface area contributed by atoms with Crippen molar-refractivity contribution in [2.24, 2.45) is 17.8 Å². The Bertz CT molecular complexity index is 586. The highest BCUT2D eigenvalue weighted by atomic mass is 16.5. The number of nitrogens with zero attached hydrogens (tertiary/aromatic N) is 1. The highest BCUT2D eigenvalue weighted by Crippen LogP contribution is 2.31. The molecule has 6 unspecified atom stereocenters. The monoisotopic (exact) mass is 445 g/mol. The van der Waals surface area contributed by atoms with Gasteiger partial charge >= 0.3 is 0 Å². The molecule has 3 aliphatic rings. The Hall–Kier alpha value is -0.800. The van der Waals surface area contributed by atoms with Crippen LogP contribution in [0.4, 0.5) is 0 Å². The van der Waals surface area contributed by atoms with E-state index in [1.54, 1.807) is 5.57 Å². The lowest BCUT2D eigenvalue weighted by Crippen LogP contribution is -2.41. The smallest absolute Gasteiger partial charge is 0.0670 e. The zero-order valence-corrected chi connectivity index (χ0v) is 21.6. The SMILES string of the molecule is CC1=CCCCCC(C)COCC2CCC=CN2CCC2OC(CCC(C)C1)CCC2C. The van der Waals surface area contributed by atoms with Crippen LogP contribution in [0.1, 0.15) is 105 Å². The molecule has 6 atom stereocenters. The first-order valence-electron chi connectivity index (χ1n) is 13.8. The molecule has 3 aliphatic heterocycles. The molecule has 1 fully saturated rings. The third-order valence-corrected chi connectivity index (χ3v) is 8.06. The van der Waals surface area contributed by atoms with Crippen molar-refractivity contribution >= 4 is 0 Å². The molecule has 0 aromatic heterocycles. The highest BCUT2D eigenvalue weighted by Gasteiger charge is 2.29. The van der Waals surface area contributed by atoms with Crippen LogP contribution in [0.15, 0.2) is 23.9 Å². The second-order valence-corrected chi connectivity index (χ2v) is 11.4. The van der Waals surface area contributed by atoms with Crippen molar-refractivity contribution in [1.29, 1.82) is 0 Å². The summed E-state index contributed by atoms with van der Waals surface area (Å²) in [6.07, 6.45) is 23.1. The summed E-state index contributed by atoms with van der Waals surface area (Å²) in [6, 6.07) is 0.532. The lowest BCUT2D eigenvalue weighted by molar-refractivity contribution is -0.0892. The van der Waals surface area contributed by atoms with Crippen LogP contribution < -0.4 is 0 Å². The van der Waals surface area contributed by atoms with Crippen molar-refractivity contribution in [2.75, 3.05) is 19.8 Å². The molecule has 0 radical (unpaired) electrons. The minimum atomic E-state index is 0.414. The molecule has 1 saturated heterocycles. The lowest BCUT2D eigenvalue weighted by Gasteiger charge is -2.38. The first-order chi connectivity index (χ1) is 15.5. The minimum Gasteiger partial charge on any atom is -0.379 e. The molecule has 184 valence electrons. The van der Waals surface area contributed by atoms with Gasteiger partial charge in [0.25, 0.3) is 0 Å². The average Bonchev–Trinajstić information content (AvgIpc) is 2.77. The number of hydrogen-bond acceptors (Lipinski definition) is 3. The van der Waals surface area contributed by atoms with Gasteiger partial charge in [-0.05, 0) is 102 Å². The molecule has 3 rings (SSSR count). The first-order valence-corrected chi connectivity index (χ1v) is 13.8.